The predicted octanol–water partition coefficient (Wildman–Crippen LogP) is 0.935. The van der Waals surface area contributed by atoms with Crippen LogP contribution in [0.4, 0.5) is 5.82 Å². The third-order valence-corrected chi connectivity index (χ3v) is 4.60. The molecule has 0 aromatic carbocycles. The van der Waals surface area contributed by atoms with E-state index in [0.717, 1.165) is 36.2 Å². The minimum Gasteiger partial charge on any atom is -0.393 e. The molecule has 0 aliphatic heterocycles. The summed E-state index contributed by atoms with van der Waals surface area (Å²) in [5.74, 6) is 1.81. The van der Waals surface area contributed by atoms with Crippen LogP contribution in [0.5, 0.6) is 0 Å². The second-order valence-electron chi connectivity index (χ2n) is 5.81. The molecule has 0 amide bonds. The van der Waals surface area contributed by atoms with Gasteiger partial charge in [-0.1, -0.05) is 0 Å². The third-order valence-electron chi connectivity index (χ3n) is 4.60. The zero-order valence-electron chi connectivity index (χ0n) is 10.8. The standard InChI is InChI=1S/C13H17N5O/c1-18-6-16-11-12(14-5-15-13(11)18)17-9-3-7-2-8(9)10(19)4-7/h5-10,19H,2-4H2,1H3,(H,14,15,17)/t7-,8+,9-,10-/m0/s1. The van der Waals surface area contributed by atoms with Crippen LogP contribution < -0.4 is 5.32 Å². The highest BCUT2D eigenvalue weighted by Crippen LogP contribution is 2.45. The van der Waals surface area contributed by atoms with Crippen LogP contribution in [0.3, 0.4) is 0 Å². The zero-order chi connectivity index (χ0) is 13.0. The second-order valence-corrected chi connectivity index (χ2v) is 5.81. The largest absolute Gasteiger partial charge is 0.393 e. The lowest BCUT2D eigenvalue weighted by atomic mass is 9.93. The average Bonchev–Trinajstić information content (AvgIpc) is 3.05. The molecule has 2 aromatic rings. The summed E-state index contributed by atoms with van der Waals surface area (Å²) in [5.41, 5.74) is 1.64. The van der Waals surface area contributed by atoms with Crippen LogP contribution in [-0.2, 0) is 7.05 Å². The highest BCUT2D eigenvalue weighted by atomic mass is 16.3. The number of nitrogens with one attached hydrogen (secondary N) is 1. The smallest absolute Gasteiger partial charge is 0.165 e. The van der Waals surface area contributed by atoms with Crippen molar-refractivity contribution in [3.63, 3.8) is 0 Å². The Morgan fingerprint density at radius 2 is 2.16 bits per heavy atom. The summed E-state index contributed by atoms with van der Waals surface area (Å²) in [5, 5.41) is 13.5. The minimum atomic E-state index is -0.155. The van der Waals surface area contributed by atoms with Gasteiger partial charge in [-0.3, -0.25) is 0 Å². The quantitative estimate of drug-likeness (QED) is 0.839. The van der Waals surface area contributed by atoms with Gasteiger partial charge in [0, 0.05) is 19.0 Å². The van der Waals surface area contributed by atoms with Gasteiger partial charge in [0.05, 0.1) is 12.4 Å². The molecule has 0 spiro atoms. The number of anilines is 1. The summed E-state index contributed by atoms with van der Waals surface area (Å²) in [6.45, 7) is 0. The van der Waals surface area contributed by atoms with Crippen LogP contribution in [0.15, 0.2) is 12.7 Å². The first-order valence-electron chi connectivity index (χ1n) is 6.79. The first kappa shape index (κ1) is 11.2. The SMILES string of the molecule is Cn1cnc2c(N[C@H]3C[C@@H]4C[C@H]3[C@@H](O)C4)ncnc21. The molecule has 2 fully saturated rings. The molecule has 100 valence electrons. The number of aliphatic hydroxyl groups excluding tert-OH is 1. The Hall–Kier alpha value is -1.69. The van der Waals surface area contributed by atoms with Crippen LogP contribution in [0.2, 0.25) is 0 Å². The number of hydrogen-bond donors (Lipinski definition) is 2. The van der Waals surface area contributed by atoms with Crippen molar-refractivity contribution in [2.75, 3.05) is 5.32 Å². The van der Waals surface area contributed by atoms with Crippen LogP contribution in [0.25, 0.3) is 11.2 Å². The number of aliphatic hydroxyl groups is 1. The first-order chi connectivity index (χ1) is 9.22. The van der Waals surface area contributed by atoms with Crippen LogP contribution in [0, 0.1) is 11.8 Å². The molecule has 0 radical (unpaired) electrons. The fourth-order valence-corrected chi connectivity index (χ4v) is 3.71. The molecule has 19 heavy (non-hydrogen) atoms. The van der Waals surface area contributed by atoms with E-state index in [1.54, 1.807) is 12.7 Å². The molecule has 4 atom stereocenters. The van der Waals surface area contributed by atoms with Crippen LogP contribution in [-0.4, -0.2) is 36.8 Å². The van der Waals surface area contributed by atoms with E-state index in [9.17, 15) is 5.11 Å². The number of aryl methyl sites for hydroxylation is 1. The highest BCUT2D eigenvalue weighted by Gasteiger charge is 2.45. The monoisotopic (exact) mass is 259 g/mol. The Labute approximate surface area is 110 Å². The number of rotatable bonds is 2. The topological polar surface area (TPSA) is 75.9 Å². The van der Waals surface area contributed by atoms with Crippen molar-refractivity contribution < 1.29 is 5.11 Å². The van der Waals surface area contributed by atoms with E-state index in [-0.39, 0.29) is 6.10 Å². The summed E-state index contributed by atoms with van der Waals surface area (Å²) < 4.78 is 1.89. The zero-order valence-corrected chi connectivity index (χ0v) is 10.8. The number of imidazole rings is 1. The Morgan fingerprint density at radius 1 is 1.26 bits per heavy atom. The molecule has 6 nitrogen and oxygen atoms in total. The number of fused-ring (bicyclic) bond motifs is 3. The van der Waals surface area contributed by atoms with E-state index in [4.69, 9.17) is 0 Å². The Bertz CT molecular complexity index is 625. The number of nitrogens with zero attached hydrogens (tertiary/aromatic N) is 4. The number of aromatic nitrogens is 4. The molecular weight excluding hydrogens is 242 g/mol. The molecule has 2 aliphatic carbocycles. The van der Waals surface area contributed by atoms with Gasteiger partial charge in [-0.15, -0.1) is 0 Å². The molecule has 2 saturated carbocycles. The predicted molar refractivity (Wildman–Crippen MR) is 70.6 cm³/mol. The van der Waals surface area contributed by atoms with Crippen molar-refractivity contribution >= 4 is 17.0 Å². The lowest BCUT2D eigenvalue weighted by Gasteiger charge is -2.27. The molecule has 4 rings (SSSR count). The fraction of sp³-hybridized carbons (Fsp3) is 0.615. The molecule has 6 heteroatoms. The van der Waals surface area contributed by atoms with Crippen molar-refractivity contribution in [1.29, 1.82) is 0 Å². The van der Waals surface area contributed by atoms with Crippen molar-refractivity contribution in [2.45, 2.75) is 31.4 Å². The maximum atomic E-state index is 9.99. The highest BCUT2D eigenvalue weighted by molar-refractivity contribution is 5.82. The van der Waals surface area contributed by atoms with E-state index in [1.165, 1.54) is 0 Å². The summed E-state index contributed by atoms with van der Waals surface area (Å²) >= 11 is 0. The molecule has 2 bridgehead atoms. The molecule has 0 unspecified atom stereocenters. The molecule has 2 aliphatic rings. The Kier molecular flexibility index (Phi) is 2.29. The fourth-order valence-electron chi connectivity index (χ4n) is 3.71. The molecule has 2 aromatic heterocycles. The van der Waals surface area contributed by atoms with Crippen molar-refractivity contribution in [1.82, 2.24) is 19.5 Å². The molecule has 2 N–H and O–H groups in total. The van der Waals surface area contributed by atoms with E-state index in [2.05, 4.69) is 20.3 Å². The van der Waals surface area contributed by atoms with E-state index >= 15 is 0 Å². The third kappa shape index (κ3) is 1.63. The minimum absolute atomic E-state index is 0.155. The van der Waals surface area contributed by atoms with Crippen molar-refractivity contribution in [3.8, 4) is 0 Å². The lowest BCUT2D eigenvalue weighted by Crippen LogP contribution is -2.34. The average molecular weight is 259 g/mol. The van der Waals surface area contributed by atoms with Gasteiger partial charge < -0.3 is 15.0 Å². The van der Waals surface area contributed by atoms with E-state index < -0.39 is 0 Å². The summed E-state index contributed by atoms with van der Waals surface area (Å²) in [4.78, 5) is 12.9. The Balaban J connectivity index is 1.65. The maximum Gasteiger partial charge on any atom is 0.165 e. The van der Waals surface area contributed by atoms with Gasteiger partial charge in [-0.25, -0.2) is 15.0 Å². The maximum absolute atomic E-state index is 9.99. The van der Waals surface area contributed by atoms with Gasteiger partial charge in [-0.05, 0) is 25.2 Å². The molecule has 0 saturated heterocycles. The normalized spacial score (nSPS) is 33.2. The molecule has 2 heterocycles. The van der Waals surface area contributed by atoms with Crippen molar-refractivity contribution in [3.05, 3.63) is 12.7 Å². The van der Waals surface area contributed by atoms with Gasteiger partial charge in [0.2, 0.25) is 0 Å². The first-order valence-corrected chi connectivity index (χ1v) is 6.79. The van der Waals surface area contributed by atoms with Gasteiger partial charge in [-0.2, -0.15) is 0 Å². The van der Waals surface area contributed by atoms with Crippen LogP contribution >= 0.6 is 0 Å². The van der Waals surface area contributed by atoms with Gasteiger partial charge in [0.1, 0.15) is 11.8 Å². The number of hydrogen-bond acceptors (Lipinski definition) is 5. The molecular formula is C13H17N5O. The van der Waals surface area contributed by atoms with Gasteiger partial charge in [0.15, 0.2) is 11.5 Å². The van der Waals surface area contributed by atoms with Gasteiger partial charge in [0.25, 0.3) is 0 Å². The Morgan fingerprint density at radius 3 is 2.95 bits per heavy atom. The summed E-state index contributed by atoms with van der Waals surface area (Å²) in [6, 6.07) is 0.314. The second kappa shape index (κ2) is 3.90. The lowest BCUT2D eigenvalue weighted by molar-refractivity contribution is 0.107. The summed E-state index contributed by atoms with van der Waals surface area (Å²) in [6.07, 6.45) is 6.38. The van der Waals surface area contributed by atoms with Crippen LogP contribution in [0.1, 0.15) is 19.3 Å². The van der Waals surface area contributed by atoms with Crippen molar-refractivity contribution in [2.24, 2.45) is 18.9 Å². The van der Waals surface area contributed by atoms with Gasteiger partial charge >= 0.3 is 0 Å². The van der Waals surface area contributed by atoms with E-state index in [1.807, 2.05) is 11.6 Å². The summed E-state index contributed by atoms with van der Waals surface area (Å²) in [7, 11) is 1.92. The van der Waals surface area contributed by atoms with E-state index in [0.29, 0.717) is 17.9 Å².